The number of carbonyl (C=O) groups is 2. The summed E-state index contributed by atoms with van der Waals surface area (Å²) < 4.78 is 75.5. The molecule has 0 aliphatic carbocycles. The highest BCUT2D eigenvalue weighted by molar-refractivity contribution is 5.73. The van der Waals surface area contributed by atoms with E-state index in [1.54, 1.807) is 0 Å². The zero-order valence-electron chi connectivity index (χ0n) is 21.4. The highest BCUT2D eigenvalue weighted by atomic mass is 19.4. The molecule has 0 spiro atoms. The molecule has 9 nitrogen and oxygen atoms in total. The van der Waals surface area contributed by atoms with Crippen LogP contribution in [0.25, 0.3) is 0 Å². The average Bonchev–Trinajstić information content (AvgIpc) is 3.34. The molecule has 0 amide bonds. The molecule has 1 aromatic carbocycles. The fourth-order valence-corrected chi connectivity index (χ4v) is 4.08. The average molecular weight is 589 g/mol. The number of pyridine rings is 1. The molecule has 222 valence electrons. The van der Waals surface area contributed by atoms with Gasteiger partial charge >= 0.3 is 24.3 Å². The largest absolute Gasteiger partial charge is 0.490 e. The van der Waals surface area contributed by atoms with E-state index in [9.17, 15) is 36.2 Å². The third-order valence-electron chi connectivity index (χ3n) is 6.09. The van der Waals surface area contributed by atoms with E-state index in [1.807, 2.05) is 6.07 Å². The van der Waals surface area contributed by atoms with Gasteiger partial charge in [0.15, 0.2) is 5.82 Å². The molecule has 1 atom stereocenters. The molecular formula is C26H26F6N4O5. The number of carboxylic acids is 2. The maximum atomic E-state index is 12.8. The second-order valence-electron chi connectivity index (χ2n) is 9.22. The van der Waals surface area contributed by atoms with Crippen molar-refractivity contribution in [3.05, 3.63) is 70.5 Å². The number of hydrogen-bond acceptors (Lipinski definition) is 7. The Kier molecular flexibility index (Phi) is 10.3. The van der Waals surface area contributed by atoms with Gasteiger partial charge in [-0.3, -0.25) is 4.79 Å². The number of hydrogen-bond donors (Lipinski definition) is 3. The minimum Gasteiger partial charge on any atom is -0.481 e. The van der Waals surface area contributed by atoms with Crippen molar-refractivity contribution >= 4 is 17.8 Å². The van der Waals surface area contributed by atoms with E-state index in [-0.39, 0.29) is 18.7 Å². The van der Waals surface area contributed by atoms with Crippen molar-refractivity contribution in [2.45, 2.75) is 63.2 Å². The van der Waals surface area contributed by atoms with Crippen molar-refractivity contribution < 1.29 is 50.7 Å². The van der Waals surface area contributed by atoms with Crippen molar-refractivity contribution in [2.24, 2.45) is 0 Å². The summed E-state index contributed by atoms with van der Waals surface area (Å²) in [5, 5.41) is 23.7. The number of aliphatic carboxylic acids is 2. The molecule has 15 heteroatoms. The number of aromatic nitrogens is 3. The molecule has 1 aliphatic rings. The zero-order chi connectivity index (χ0) is 30.2. The van der Waals surface area contributed by atoms with E-state index in [4.69, 9.17) is 14.4 Å². The summed E-state index contributed by atoms with van der Waals surface area (Å²) in [5.74, 6) is -2.67. The van der Waals surface area contributed by atoms with Gasteiger partial charge in [-0.15, -0.1) is 0 Å². The third-order valence-corrected chi connectivity index (χ3v) is 6.09. The summed E-state index contributed by atoms with van der Waals surface area (Å²) in [4.78, 5) is 29.2. The molecule has 3 heterocycles. The van der Waals surface area contributed by atoms with Gasteiger partial charge in [0.05, 0.1) is 12.0 Å². The van der Waals surface area contributed by atoms with Crippen molar-refractivity contribution in [1.82, 2.24) is 15.1 Å². The Morgan fingerprint density at radius 3 is 2.27 bits per heavy atom. The molecule has 3 aromatic rings. The van der Waals surface area contributed by atoms with Crippen LogP contribution in [0.2, 0.25) is 0 Å². The van der Waals surface area contributed by atoms with Crippen molar-refractivity contribution in [1.29, 1.82) is 0 Å². The first-order chi connectivity index (χ1) is 19.2. The summed E-state index contributed by atoms with van der Waals surface area (Å²) in [7, 11) is 0. The predicted molar refractivity (Wildman–Crippen MR) is 131 cm³/mol. The number of nitrogens with zero attached hydrogens (tertiary/aromatic N) is 3. The van der Waals surface area contributed by atoms with Crippen LogP contribution in [0.5, 0.6) is 0 Å². The van der Waals surface area contributed by atoms with Gasteiger partial charge in [0.25, 0.3) is 0 Å². The first-order valence-electron chi connectivity index (χ1n) is 12.5. The standard InChI is InChI=1S/C24H25F3N4O3.C2HF3O2/c25-24(26,27)18-9-6-15(7-10-18)17(14-22(32)33)13-21-30-20(31-34-21)5-1-4-19-11-8-16-3-2-12-28-23(16)29-19;3-2(4,5)1(6)7/h6-11,17H,1-5,12-14H2,(H,28,29)(H,32,33);(H,6,7). The van der Waals surface area contributed by atoms with Crippen LogP contribution >= 0.6 is 0 Å². The molecule has 4 rings (SSSR count). The van der Waals surface area contributed by atoms with E-state index in [2.05, 4.69) is 26.5 Å². The molecule has 2 aromatic heterocycles. The second-order valence-corrected chi connectivity index (χ2v) is 9.22. The van der Waals surface area contributed by atoms with E-state index in [0.717, 1.165) is 55.9 Å². The summed E-state index contributed by atoms with van der Waals surface area (Å²) in [6, 6.07) is 8.65. The Labute approximate surface area is 229 Å². The van der Waals surface area contributed by atoms with Crippen LogP contribution in [0, 0.1) is 0 Å². The second kappa shape index (κ2) is 13.5. The van der Waals surface area contributed by atoms with Crippen molar-refractivity contribution in [3.8, 4) is 0 Å². The van der Waals surface area contributed by atoms with Crippen LogP contribution in [0.15, 0.2) is 40.9 Å². The number of nitrogens with one attached hydrogen (secondary N) is 1. The minimum atomic E-state index is -5.08. The molecule has 1 unspecified atom stereocenters. The Balaban J connectivity index is 0.000000587. The molecular weight excluding hydrogens is 562 g/mol. The monoisotopic (exact) mass is 588 g/mol. The summed E-state index contributed by atoms with van der Waals surface area (Å²) in [6.45, 7) is 0.935. The normalized spacial score (nSPS) is 13.8. The van der Waals surface area contributed by atoms with Gasteiger partial charge in [0.1, 0.15) is 5.82 Å². The highest BCUT2D eigenvalue weighted by Crippen LogP contribution is 2.31. The molecule has 41 heavy (non-hydrogen) atoms. The topological polar surface area (TPSA) is 138 Å². The lowest BCUT2D eigenvalue weighted by Crippen LogP contribution is -2.21. The SMILES string of the molecule is O=C(O)C(F)(F)F.O=C(O)CC(Cc1nc(CCCc2ccc3c(n2)NCCC3)no1)c1ccc(C(F)(F)F)cc1. The lowest BCUT2D eigenvalue weighted by molar-refractivity contribution is -0.192. The van der Waals surface area contributed by atoms with Crippen LogP contribution in [0.4, 0.5) is 32.2 Å². The summed E-state index contributed by atoms with van der Waals surface area (Å²) in [6.07, 6.45) is -5.43. The van der Waals surface area contributed by atoms with E-state index >= 15 is 0 Å². The fraction of sp³-hybridized carbons (Fsp3) is 0.423. The lowest BCUT2D eigenvalue weighted by atomic mass is 9.91. The van der Waals surface area contributed by atoms with Crippen LogP contribution in [0.3, 0.4) is 0 Å². The molecule has 0 bridgehead atoms. The van der Waals surface area contributed by atoms with Crippen molar-refractivity contribution in [2.75, 3.05) is 11.9 Å². The Hall–Kier alpha value is -4.17. The van der Waals surface area contributed by atoms with Crippen LogP contribution < -0.4 is 5.32 Å². The minimum absolute atomic E-state index is 0.128. The van der Waals surface area contributed by atoms with E-state index in [0.29, 0.717) is 17.8 Å². The molecule has 0 radical (unpaired) electrons. The first-order valence-corrected chi connectivity index (χ1v) is 12.5. The van der Waals surface area contributed by atoms with Gasteiger partial charge in [-0.2, -0.15) is 31.3 Å². The number of anilines is 1. The van der Waals surface area contributed by atoms with Gasteiger partial charge in [0.2, 0.25) is 5.89 Å². The predicted octanol–water partition coefficient (Wildman–Crippen LogP) is 5.45. The molecule has 0 saturated carbocycles. The number of fused-ring (bicyclic) bond motifs is 1. The molecule has 3 N–H and O–H groups in total. The number of aryl methyl sites for hydroxylation is 3. The number of alkyl halides is 6. The Morgan fingerprint density at radius 1 is 0.976 bits per heavy atom. The van der Waals surface area contributed by atoms with Crippen LogP contribution in [0.1, 0.15) is 59.3 Å². The van der Waals surface area contributed by atoms with E-state index in [1.165, 1.54) is 17.7 Å². The maximum absolute atomic E-state index is 12.8. The lowest BCUT2D eigenvalue weighted by Gasteiger charge is -2.17. The summed E-state index contributed by atoms with van der Waals surface area (Å²) in [5.41, 5.74) is 1.92. The molecule has 1 aliphatic heterocycles. The Bertz CT molecular complexity index is 1330. The fourth-order valence-electron chi connectivity index (χ4n) is 4.08. The number of benzene rings is 1. The van der Waals surface area contributed by atoms with Crippen LogP contribution in [-0.2, 0) is 41.4 Å². The first kappa shape index (κ1) is 31.4. The third kappa shape index (κ3) is 9.76. The molecule has 0 saturated heterocycles. The summed E-state index contributed by atoms with van der Waals surface area (Å²) >= 11 is 0. The van der Waals surface area contributed by atoms with E-state index < -0.39 is 35.8 Å². The number of carboxylic acid groups (broad SMARTS) is 2. The highest BCUT2D eigenvalue weighted by Gasteiger charge is 2.38. The van der Waals surface area contributed by atoms with Gasteiger partial charge in [0, 0.05) is 31.0 Å². The van der Waals surface area contributed by atoms with Gasteiger partial charge < -0.3 is 20.1 Å². The van der Waals surface area contributed by atoms with Crippen LogP contribution in [-0.4, -0.2) is 50.0 Å². The Morgan fingerprint density at radius 2 is 1.66 bits per heavy atom. The number of rotatable bonds is 9. The smallest absolute Gasteiger partial charge is 0.481 e. The zero-order valence-corrected chi connectivity index (χ0v) is 21.4. The van der Waals surface area contributed by atoms with Crippen molar-refractivity contribution in [3.63, 3.8) is 0 Å². The van der Waals surface area contributed by atoms with Gasteiger partial charge in [-0.1, -0.05) is 23.4 Å². The quantitative estimate of drug-likeness (QED) is 0.279. The van der Waals surface area contributed by atoms with Gasteiger partial charge in [-0.05, 0) is 55.0 Å². The molecule has 0 fully saturated rings. The maximum Gasteiger partial charge on any atom is 0.490 e. The van der Waals surface area contributed by atoms with Gasteiger partial charge in [-0.25, -0.2) is 9.78 Å². The number of halogens is 6.